The number of amides is 1. The highest BCUT2D eigenvalue weighted by Gasteiger charge is 2.46. The molecule has 5 aliphatic heterocycles. The van der Waals surface area contributed by atoms with Crippen molar-refractivity contribution in [2.75, 3.05) is 52.4 Å². The SMILES string of the molecule is NC1NN2C=C(Cl)CNC2C1C(=O)NC1CNCCC1N1CCN2CCNC2C1. The molecule has 162 valence electrons. The third-order valence-corrected chi connectivity index (χ3v) is 7.16. The van der Waals surface area contributed by atoms with E-state index in [1.54, 1.807) is 0 Å². The van der Waals surface area contributed by atoms with E-state index < -0.39 is 6.17 Å². The predicted octanol–water partition coefficient (Wildman–Crippen LogP) is -2.89. The Kier molecular flexibility index (Phi) is 5.69. The summed E-state index contributed by atoms with van der Waals surface area (Å²) in [5.41, 5.74) is 9.40. The number of nitrogens with zero attached hydrogens (tertiary/aromatic N) is 3. The summed E-state index contributed by atoms with van der Waals surface area (Å²) in [4.78, 5) is 18.3. The van der Waals surface area contributed by atoms with Crippen molar-refractivity contribution < 1.29 is 4.79 Å². The Morgan fingerprint density at radius 2 is 2.07 bits per heavy atom. The van der Waals surface area contributed by atoms with Crippen LogP contribution in [0.5, 0.6) is 0 Å². The minimum atomic E-state index is -0.451. The summed E-state index contributed by atoms with van der Waals surface area (Å²) in [5.74, 6) is -0.389. The molecule has 0 aromatic carbocycles. The molecule has 11 heteroatoms. The van der Waals surface area contributed by atoms with Crippen LogP contribution in [0.3, 0.4) is 0 Å². The third-order valence-electron chi connectivity index (χ3n) is 6.93. The van der Waals surface area contributed by atoms with E-state index in [-0.39, 0.29) is 24.0 Å². The van der Waals surface area contributed by atoms with E-state index in [1.807, 2.05) is 11.2 Å². The molecule has 7 N–H and O–H groups in total. The van der Waals surface area contributed by atoms with Gasteiger partial charge in [0.2, 0.25) is 5.91 Å². The van der Waals surface area contributed by atoms with Crippen molar-refractivity contribution in [1.82, 2.24) is 41.5 Å². The van der Waals surface area contributed by atoms with Crippen molar-refractivity contribution in [1.29, 1.82) is 0 Å². The number of hydrogen-bond acceptors (Lipinski definition) is 9. The van der Waals surface area contributed by atoms with E-state index in [0.29, 0.717) is 23.8 Å². The zero-order valence-corrected chi connectivity index (χ0v) is 17.4. The van der Waals surface area contributed by atoms with Gasteiger partial charge in [0, 0.05) is 63.1 Å². The van der Waals surface area contributed by atoms with Crippen molar-refractivity contribution >= 4 is 17.5 Å². The fourth-order valence-electron chi connectivity index (χ4n) is 5.44. The lowest BCUT2D eigenvalue weighted by Crippen LogP contribution is -2.66. The average Bonchev–Trinajstić information content (AvgIpc) is 3.30. The maximum absolute atomic E-state index is 13.3. The lowest BCUT2D eigenvalue weighted by Gasteiger charge is -2.46. The second kappa shape index (κ2) is 8.27. The number of fused-ring (bicyclic) bond motifs is 2. The Hall–Kier alpha value is -0.980. The highest BCUT2D eigenvalue weighted by molar-refractivity contribution is 6.29. The zero-order valence-electron chi connectivity index (χ0n) is 16.6. The first kappa shape index (κ1) is 20.0. The third kappa shape index (κ3) is 3.88. The van der Waals surface area contributed by atoms with Gasteiger partial charge in [-0.2, -0.15) is 0 Å². The number of piperidine rings is 1. The van der Waals surface area contributed by atoms with Crippen LogP contribution in [0.15, 0.2) is 11.2 Å². The molecule has 29 heavy (non-hydrogen) atoms. The number of halogens is 1. The quantitative estimate of drug-likeness (QED) is 0.284. The lowest BCUT2D eigenvalue weighted by molar-refractivity contribution is -0.127. The van der Waals surface area contributed by atoms with Crippen LogP contribution in [0, 0.1) is 5.92 Å². The van der Waals surface area contributed by atoms with Crippen LogP contribution in [-0.4, -0.2) is 104 Å². The zero-order chi connectivity index (χ0) is 20.0. The average molecular weight is 426 g/mol. The highest BCUT2D eigenvalue weighted by atomic mass is 35.5. The topological polar surface area (TPSA) is 113 Å². The number of carbonyl (C=O) groups excluding carboxylic acids is 1. The summed E-state index contributed by atoms with van der Waals surface area (Å²) >= 11 is 6.11. The molecule has 5 aliphatic rings. The van der Waals surface area contributed by atoms with Crippen LogP contribution in [0.1, 0.15) is 6.42 Å². The van der Waals surface area contributed by atoms with Gasteiger partial charge in [0.25, 0.3) is 0 Å². The Morgan fingerprint density at radius 1 is 1.21 bits per heavy atom. The Bertz CT molecular complexity index is 663. The minimum Gasteiger partial charge on any atom is -0.350 e. The van der Waals surface area contributed by atoms with Gasteiger partial charge in [0.1, 0.15) is 12.1 Å². The minimum absolute atomic E-state index is 0.00671. The van der Waals surface area contributed by atoms with Crippen LogP contribution in [0.25, 0.3) is 0 Å². The van der Waals surface area contributed by atoms with Crippen LogP contribution in [0.4, 0.5) is 0 Å². The number of nitrogens with one attached hydrogen (secondary N) is 5. The molecule has 0 bridgehead atoms. The number of carbonyl (C=O) groups is 1. The molecule has 0 aromatic rings. The molecule has 0 saturated carbocycles. The lowest BCUT2D eigenvalue weighted by atomic mass is 9.95. The fraction of sp³-hybridized carbons (Fsp3) is 0.833. The van der Waals surface area contributed by atoms with Gasteiger partial charge >= 0.3 is 0 Å². The van der Waals surface area contributed by atoms with E-state index in [1.165, 1.54) is 0 Å². The van der Waals surface area contributed by atoms with Crippen molar-refractivity contribution in [3.63, 3.8) is 0 Å². The second-order valence-corrected chi connectivity index (χ2v) is 9.15. The van der Waals surface area contributed by atoms with E-state index in [0.717, 1.165) is 52.2 Å². The summed E-state index contributed by atoms with van der Waals surface area (Å²) in [6.07, 6.45) is 2.66. The van der Waals surface area contributed by atoms with Crippen molar-refractivity contribution in [2.45, 2.75) is 37.0 Å². The van der Waals surface area contributed by atoms with Gasteiger partial charge in [0.15, 0.2) is 0 Å². The molecular weight excluding hydrogens is 394 g/mol. The maximum atomic E-state index is 13.3. The van der Waals surface area contributed by atoms with E-state index in [2.05, 4.69) is 36.5 Å². The van der Waals surface area contributed by atoms with Gasteiger partial charge in [-0.15, -0.1) is 0 Å². The molecule has 0 spiro atoms. The second-order valence-electron chi connectivity index (χ2n) is 8.67. The molecule has 0 radical (unpaired) electrons. The normalized spacial score (nSPS) is 41.0. The monoisotopic (exact) mass is 425 g/mol. The van der Waals surface area contributed by atoms with Gasteiger partial charge in [-0.1, -0.05) is 11.6 Å². The molecule has 10 nitrogen and oxygen atoms in total. The smallest absolute Gasteiger partial charge is 0.229 e. The van der Waals surface area contributed by atoms with Gasteiger partial charge in [-0.25, -0.2) is 5.43 Å². The molecule has 0 aromatic heterocycles. The summed E-state index contributed by atoms with van der Waals surface area (Å²) in [7, 11) is 0. The molecule has 4 fully saturated rings. The molecule has 5 heterocycles. The molecule has 6 atom stereocenters. The highest BCUT2D eigenvalue weighted by Crippen LogP contribution is 2.25. The number of hydrazine groups is 1. The summed E-state index contributed by atoms with van der Waals surface area (Å²) in [6, 6.07) is 0.424. The molecule has 5 rings (SSSR count). The van der Waals surface area contributed by atoms with Gasteiger partial charge < -0.3 is 16.4 Å². The first-order valence-corrected chi connectivity index (χ1v) is 11.1. The Morgan fingerprint density at radius 3 is 2.97 bits per heavy atom. The maximum Gasteiger partial charge on any atom is 0.229 e. The summed E-state index contributed by atoms with van der Waals surface area (Å²) in [5, 5.41) is 16.2. The van der Waals surface area contributed by atoms with Gasteiger partial charge in [-0.3, -0.25) is 30.2 Å². The predicted molar refractivity (Wildman–Crippen MR) is 110 cm³/mol. The summed E-state index contributed by atoms with van der Waals surface area (Å²) in [6.45, 7) is 7.70. The molecular formula is C18H32ClN9O. The van der Waals surface area contributed by atoms with E-state index in [4.69, 9.17) is 17.3 Å². The van der Waals surface area contributed by atoms with Crippen LogP contribution < -0.4 is 32.4 Å². The molecule has 0 aliphatic carbocycles. The number of nitrogens with two attached hydrogens (primary N) is 1. The summed E-state index contributed by atoms with van der Waals surface area (Å²) < 4.78 is 0. The van der Waals surface area contributed by atoms with Crippen LogP contribution in [0.2, 0.25) is 0 Å². The first-order valence-electron chi connectivity index (χ1n) is 10.7. The van der Waals surface area contributed by atoms with E-state index in [9.17, 15) is 4.79 Å². The molecule has 6 unspecified atom stereocenters. The standard InChI is InChI=1S/C18H32ClN9O/c19-11-7-23-17-15(16(20)25-28(17)9-11)18(29)24-12-8-21-2-1-13(12)27-6-5-26-4-3-22-14(26)10-27/h9,12-17,21-23,25H,1-8,10,20H2,(H,24,29). The van der Waals surface area contributed by atoms with Crippen molar-refractivity contribution in [3.05, 3.63) is 11.2 Å². The number of piperazine rings is 1. The first-order chi connectivity index (χ1) is 14.1. The number of hydrogen-bond donors (Lipinski definition) is 6. The van der Waals surface area contributed by atoms with E-state index >= 15 is 0 Å². The Labute approximate surface area is 176 Å². The fourth-order valence-corrected chi connectivity index (χ4v) is 5.62. The van der Waals surface area contributed by atoms with Crippen molar-refractivity contribution in [2.24, 2.45) is 11.7 Å². The van der Waals surface area contributed by atoms with Crippen LogP contribution >= 0.6 is 11.6 Å². The molecule has 4 saturated heterocycles. The largest absolute Gasteiger partial charge is 0.350 e. The van der Waals surface area contributed by atoms with Gasteiger partial charge in [-0.05, 0) is 13.0 Å². The Balaban J connectivity index is 1.25. The van der Waals surface area contributed by atoms with Gasteiger partial charge in [0.05, 0.1) is 18.4 Å². The van der Waals surface area contributed by atoms with Crippen molar-refractivity contribution in [3.8, 4) is 0 Å². The van der Waals surface area contributed by atoms with Crippen LogP contribution in [-0.2, 0) is 4.79 Å². The molecule has 1 amide bonds. The number of rotatable bonds is 3.